The zero-order valence-electron chi connectivity index (χ0n) is 13.2. The Labute approximate surface area is 130 Å². The summed E-state index contributed by atoms with van der Waals surface area (Å²) in [6, 6.07) is 0. The number of nitrogens with one attached hydrogen (secondary N) is 2. The molecule has 1 aliphatic carbocycles. The van der Waals surface area contributed by atoms with Crippen LogP contribution in [-0.4, -0.2) is 24.0 Å². The summed E-state index contributed by atoms with van der Waals surface area (Å²) in [6.07, 6.45) is 4.22. The van der Waals surface area contributed by atoms with Gasteiger partial charge in [0.1, 0.15) is 5.01 Å². The Morgan fingerprint density at radius 1 is 1.57 bits per heavy atom. The van der Waals surface area contributed by atoms with E-state index in [0.717, 1.165) is 49.5 Å². The molecule has 2 aliphatic rings. The molecule has 2 fully saturated rings. The molecule has 1 saturated heterocycles. The van der Waals surface area contributed by atoms with Crippen molar-refractivity contribution in [2.75, 3.05) is 13.1 Å². The number of nitrogens with zero attached hydrogens (tertiary/aromatic N) is 1. The molecule has 1 aromatic heterocycles. The van der Waals surface area contributed by atoms with Gasteiger partial charge in [0.25, 0.3) is 0 Å². The van der Waals surface area contributed by atoms with Gasteiger partial charge in [0.2, 0.25) is 5.91 Å². The highest BCUT2D eigenvalue weighted by atomic mass is 32.1. The maximum absolute atomic E-state index is 12.7. The summed E-state index contributed by atoms with van der Waals surface area (Å²) in [5.74, 6) is 0.445. The minimum atomic E-state index is -0.327. The van der Waals surface area contributed by atoms with Crippen LogP contribution in [0.3, 0.4) is 0 Å². The van der Waals surface area contributed by atoms with Crippen LogP contribution in [0.5, 0.6) is 0 Å². The maximum atomic E-state index is 12.7. The van der Waals surface area contributed by atoms with Crippen molar-refractivity contribution in [1.82, 2.24) is 15.6 Å². The summed E-state index contributed by atoms with van der Waals surface area (Å²) < 4.78 is 0. The lowest BCUT2D eigenvalue weighted by atomic mass is 9.91. The van der Waals surface area contributed by atoms with Crippen LogP contribution < -0.4 is 10.6 Å². The smallest absolute Gasteiger partial charge is 0.224 e. The average Bonchev–Trinajstić information content (AvgIpc) is 2.97. The number of hydrogen-bond acceptors (Lipinski definition) is 4. The predicted molar refractivity (Wildman–Crippen MR) is 85.3 cm³/mol. The second-order valence-corrected chi connectivity index (χ2v) is 7.70. The Balaban J connectivity index is 1.69. The Bertz CT molecular complexity index is 535. The van der Waals surface area contributed by atoms with Crippen molar-refractivity contribution in [2.24, 2.45) is 11.3 Å². The Kier molecular flexibility index (Phi) is 3.82. The molecule has 2 unspecified atom stereocenters. The van der Waals surface area contributed by atoms with E-state index in [-0.39, 0.29) is 17.4 Å². The lowest BCUT2D eigenvalue weighted by molar-refractivity contribution is -0.125. The first-order chi connectivity index (χ1) is 9.99. The molecular formula is C16H25N3OS. The van der Waals surface area contributed by atoms with E-state index in [1.807, 2.05) is 6.92 Å². The summed E-state index contributed by atoms with van der Waals surface area (Å²) >= 11 is 1.65. The zero-order chi connectivity index (χ0) is 15.1. The predicted octanol–water partition coefficient (Wildman–Crippen LogP) is 2.58. The minimum absolute atomic E-state index is 0.214. The first-order valence-corrected chi connectivity index (χ1v) is 8.82. The van der Waals surface area contributed by atoms with Crippen molar-refractivity contribution < 1.29 is 4.79 Å². The molecule has 4 nitrogen and oxygen atoms in total. The number of thiazole rings is 1. The lowest BCUT2D eigenvalue weighted by Gasteiger charge is -2.29. The van der Waals surface area contributed by atoms with Crippen LogP contribution >= 0.6 is 11.3 Å². The van der Waals surface area contributed by atoms with Gasteiger partial charge in [-0.3, -0.25) is 4.79 Å². The normalized spacial score (nSPS) is 26.3. The van der Waals surface area contributed by atoms with Crippen LogP contribution in [0.2, 0.25) is 0 Å². The molecule has 0 bridgehead atoms. The number of carbonyl (C=O) groups is 1. The van der Waals surface area contributed by atoms with E-state index < -0.39 is 0 Å². The quantitative estimate of drug-likeness (QED) is 0.899. The minimum Gasteiger partial charge on any atom is -0.344 e. The van der Waals surface area contributed by atoms with Gasteiger partial charge < -0.3 is 10.6 Å². The van der Waals surface area contributed by atoms with Crippen molar-refractivity contribution in [3.63, 3.8) is 0 Å². The monoisotopic (exact) mass is 307 g/mol. The number of aromatic nitrogens is 1. The van der Waals surface area contributed by atoms with Crippen LogP contribution in [0.4, 0.5) is 0 Å². The highest BCUT2D eigenvalue weighted by Crippen LogP contribution is 2.58. The molecule has 1 saturated carbocycles. The van der Waals surface area contributed by atoms with Crippen LogP contribution in [0, 0.1) is 18.3 Å². The average molecular weight is 307 g/mol. The molecule has 0 aromatic carbocycles. The summed E-state index contributed by atoms with van der Waals surface area (Å²) in [5.41, 5.74) is 1.00. The third-order valence-electron chi connectivity index (χ3n) is 5.30. The van der Waals surface area contributed by atoms with Gasteiger partial charge in [0.05, 0.1) is 5.54 Å². The van der Waals surface area contributed by atoms with Crippen LogP contribution in [0.1, 0.15) is 50.2 Å². The highest BCUT2D eigenvalue weighted by molar-refractivity contribution is 7.09. The first-order valence-electron chi connectivity index (χ1n) is 7.94. The summed E-state index contributed by atoms with van der Waals surface area (Å²) in [6.45, 7) is 8.33. The Morgan fingerprint density at radius 3 is 2.86 bits per heavy atom. The fourth-order valence-corrected chi connectivity index (χ4v) is 4.44. The molecular weight excluding hydrogens is 282 g/mol. The molecule has 2 heterocycles. The van der Waals surface area contributed by atoms with Gasteiger partial charge in [0, 0.05) is 17.0 Å². The second-order valence-electron chi connectivity index (χ2n) is 6.84. The van der Waals surface area contributed by atoms with E-state index in [1.54, 1.807) is 11.3 Å². The Hall–Kier alpha value is -0.940. The molecule has 0 radical (unpaired) electrons. The first kappa shape index (κ1) is 15.0. The number of aryl methyl sites for hydroxylation is 1. The summed E-state index contributed by atoms with van der Waals surface area (Å²) in [7, 11) is 0. The maximum Gasteiger partial charge on any atom is 0.224 e. The van der Waals surface area contributed by atoms with Gasteiger partial charge >= 0.3 is 0 Å². The molecule has 2 atom stereocenters. The number of rotatable bonds is 4. The molecule has 1 spiro atoms. The third kappa shape index (κ3) is 2.73. The van der Waals surface area contributed by atoms with Crippen molar-refractivity contribution >= 4 is 17.2 Å². The van der Waals surface area contributed by atoms with E-state index in [0.29, 0.717) is 5.41 Å². The Morgan fingerprint density at radius 2 is 2.29 bits per heavy atom. The SMILES string of the molecule is CCC(C)(NC(=O)C1CC12CCNCC2)c1nc(C)cs1. The molecule has 21 heavy (non-hydrogen) atoms. The molecule has 1 amide bonds. The topological polar surface area (TPSA) is 54.0 Å². The number of hydrogen-bond donors (Lipinski definition) is 2. The van der Waals surface area contributed by atoms with Gasteiger partial charge in [-0.2, -0.15) is 0 Å². The van der Waals surface area contributed by atoms with Crippen molar-refractivity contribution in [3.8, 4) is 0 Å². The lowest BCUT2D eigenvalue weighted by Crippen LogP contribution is -2.45. The van der Waals surface area contributed by atoms with Crippen molar-refractivity contribution in [2.45, 2.75) is 52.0 Å². The molecule has 116 valence electrons. The van der Waals surface area contributed by atoms with E-state index in [2.05, 4.69) is 34.8 Å². The number of carbonyl (C=O) groups excluding carboxylic acids is 1. The number of piperidine rings is 1. The van der Waals surface area contributed by atoms with Crippen LogP contribution in [0.25, 0.3) is 0 Å². The van der Waals surface area contributed by atoms with Gasteiger partial charge in [0.15, 0.2) is 0 Å². The van der Waals surface area contributed by atoms with Gasteiger partial charge in [-0.25, -0.2) is 4.98 Å². The van der Waals surface area contributed by atoms with Gasteiger partial charge in [-0.15, -0.1) is 11.3 Å². The molecule has 1 aromatic rings. The molecule has 2 N–H and O–H groups in total. The third-order valence-corrected chi connectivity index (χ3v) is 6.53. The van der Waals surface area contributed by atoms with Crippen molar-refractivity contribution in [1.29, 1.82) is 0 Å². The summed E-state index contributed by atoms with van der Waals surface area (Å²) in [5, 5.41) is 9.76. The van der Waals surface area contributed by atoms with E-state index in [1.165, 1.54) is 0 Å². The summed E-state index contributed by atoms with van der Waals surface area (Å²) in [4.78, 5) is 17.3. The molecule has 3 rings (SSSR count). The largest absolute Gasteiger partial charge is 0.344 e. The fourth-order valence-electron chi connectivity index (χ4n) is 3.46. The van der Waals surface area contributed by atoms with Crippen molar-refractivity contribution in [3.05, 3.63) is 16.1 Å². The zero-order valence-corrected chi connectivity index (χ0v) is 14.0. The number of amides is 1. The van der Waals surface area contributed by atoms with Gasteiger partial charge in [-0.1, -0.05) is 6.92 Å². The van der Waals surface area contributed by atoms with E-state index >= 15 is 0 Å². The second kappa shape index (κ2) is 5.36. The van der Waals surface area contributed by atoms with Gasteiger partial charge in [-0.05, 0) is 58.0 Å². The molecule has 1 aliphatic heterocycles. The fraction of sp³-hybridized carbons (Fsp3) is 0.750. The van der Waals surface area contributed by atoms with E-state index in [4.69, 9.17) is 0 Å². The standard InChI is InChI=1S/C16H25N3OS/c1-4-15(3,14-18-11(2)10-21-14)19-13(20)12-9-16(12)5-7-17-8-6-16/h10,12,17H,4-9H2,1-3H3,(H,19,20). The van der Waals surface area contributed by atoms with E-state index in [9.17, 15) is 4.79 Å². The molecule has 5 heteroatoms. The highest BCUT2D eigenvalue weighted by Gasteiger charge is 2.58. The van der Waals surface area contributed by atoms with Crippen LogP contribution in [0.15, 0.2) is 5.38 Å². The van der Waals surface area contributed by atoms with Crippen LogP contribution in [-0.2, 0) is 10.3 Å².